The Labute approximate surface area is 123 Å². The number of aliphatic hydroxyl groups is 1. The van der Waals surface area contributed by atoms with Crippen LogP contribution in [0.1, 0.15) is 42.0 Å². The van der Waals surface area contributed by atoms with Crippen LogP contribution in [0.25, 0.3) is 0 Å². The Morgan fingerprint density at radius 3 is 2.67 bits per heavy atom. The third-order valence-corrected chi connectivity index (χ3v) is 5.42. The van der Waals surface area contributed by atoms with Gasteiger partial charge in [-0.3, -0.25) is 0 Å². The summed E-state index contributed by atoms with van der Waals surface area (Å²) in [5, 5.41) is 18.2. The van der Waals surface area contributed by atoms with Gasteiger partial charge in [0.05, 0.1) is 0 Å². The molecule has 0 spiro atoms. The Hall–Kier alpha value is -1.38. The van der Waals surface area contributed by atoms with Crippen LogP contribution in [-0.2, 0) is 10.0 Å². The minimum atomic E-state index is -3.86. The first kappa shape index (κ1) is 16.0. The van der Waals surface area contributed by atoms with Crippen molar-refractivity contribution in [3.63, 3.8) is 0 Å². The van der Waals surface area contributed by atoms with Gasteiger partial charge in [0, 0.05) is 18.7 Å². The van der Waals surface area contributed by atoms with Crippen molar-refractivity contribution in [1.82, 2.24) is 4.72 Å². The van der Waals surface area contributed by atoms with E-state index in [0.717, 1.165) is 25.3 Å². The van der Waals surface area contributed by atoms with Crippen molar-refractivity contribution < 1.29 is 27.8 Å². The minimum Gasteiger partial charge on any atom is -0.475 e. The number of sulfonamides is 1. The first-order valence-electron chi connectivity index (χ1n) is 6.82. The SMILES string of the molecule is Cc1oc(C(=O)O)cc1S(=O)(=O)NC1CCCCC1CO. The number of furan rings is 1. The summed E-state index contributed by atoms with van der Waals surface area (Å²) in [6.45, 7) is 1.34. The zero-order valence-electron chi connectivity index (χ0n) is 11.7. The smallest absolute Gasteiger partial charge is 0.371 e. The number of carbonyl (C=O) groups is 1. The van der Waals surface area contributed by atoms with Gasteiger partial charge in [0.2, 0.25) is 15.8 Å². The summed E-state index contributed by atoms with van der Waals surface area (Å²) in [4.78, 5) is 10.7. The molecule has 1 fully saturated rings. The van der Waals surface area contributed by atoms with Crippen LogP contribution in [0.3, 0.4) is 0 Å². The summed E-state index contributed by atoms with van der Waals surface area (Å²) in [7, 11) is -3.86. The highest BCUT2D eigenvalue weighted by Crippen LogP contribution is 2.27. The predicted octanol–water partition coefficient (Wildman–Crippen LogP) is 1.12. The summed E-state index contributed by atoms with van der Waals surface area (Å²) < 4.78 is 32.2. The van der Waals surface area contributed by atoms with E-state index in [1.807, 2.05) is 0 Å². The lowest BCUT2D eigenvalue weighted by Gasteiger charge is -2.30. The highest BCUT2D eigenvalue weighted by atomic mass is 32.2. The first-order chi connectivity index (χ1) is 9.85. The van der Waals surface area contributed by atoms with Crippen LogP contribution in [-0.4, -0.2) is 37.2 Å². The Balaban J connectivity index is 2.23. The zero-order valence-corrected chi connectivity index (χ0v) is 12.5. The molecular formula is C13H19NO6S. The van der Waals surface area contributed by atoms with Gasteiger partial charge in [-0.2, -0.15) is 0 Å². The molecule has 1 aliphatic rings. The molecule has 1 aliphatic carbocycles. The maximum atomic E-state index is 12.4. The summed E-state index contributed by atoms with van der Waals surface area (Å²) in [6.07, 6.45) is 3.30. The molecule has 3 N–H and O–H groups in total. The fraction of sp³-hybridized carbons (Fsp3) is 0.615. The lowest BCUT2D eigenvalue weighted by Crippen LogP contribution is -2.43. The molecule has 0 aromatic carbocycles. The second kappa shape index (κ2) is 6.17. The quantitative estimate of drug-likeness (QED) is 0.749. The molecule has 1 aromatic heterocycles. The molecule has 0 radical (unpaired) electrons. The van der Waals surface area contributed by atoms with Gasteiger partial charge in [-0.25, -0.2) is 17.9 Å². The zero-order chi connectivity index (χ0) is 15.6. The number of aryl methyl sites for hydroxylation is 1. The Bertz CT molecular complexity index is 621. The van der Waals surface area contributed by atoms with E-state index in [1.165, 1.54) is 6.92 Å². The van der Waals surface area contributed by atoms with E-state index in [2.05, 4.69) is 4.72 Å². The largest absolute Gasteiger partial charge is 0.475 e. The lowest BCUT2D eigenvalue weighted by atomic mass is 9.86. The molecular weight excluding hydrogens is 298 g/mol. The Morgan fingerprint density at radius 2 is 2.10 bits per heavy atom. The standard InChI is InChI=1S/C13H19NO6S/c1-8-12(6-11(20-8)13(16)17)21(18,19)14-10-5-3-2-4-9(10)7-15/h6,9-10,14-15H,2-5,7H2,1H3,(H,16,17). The molecule has 0 saturated heterocycles. The molecule has 0 aliphatic heterocycles. The van der Waals surface area contributed by atoms with Crippen molar-refractivity contribution in [1.29, 1.82) is 0 Å². The van der Waals surface area contributed by atoms with Crippen LogP contribution in [0.4, 0.5) is 0 Å². The van der Waals surface area contributed by atoms with Crippen molar-refractivity contribution in [2.24, 2.45) is 5.92 Å². The van der Waals surface area contributed by atoms with E-state index >= 15 is 0 Å². The second-order valence-corrected chi connectivity index (χ2v) is 6.97. The summed E-state index contributed by atoms with van der Waals surface area (Å²) in [5.41, 5.74) is 0. The topological polar surface area (TPSA) is 117 Å². The Kier molecular flexibility index (Phi) is 4.70. The number of rotatable bonds is 5. The average molecular weight is 317 g/mol. The van der Waals surface area contributed by atoms with Gasteiger partial charge in [0.15, 0.2) is 0 Å². The maximum absolute atomic E-state index is 12.4. The number of hydrogen-bond acceptors (Lipinski definition) is 5. The van der Waals surface area contributed by atoms with E-state index in [0.29, 0.717) is 6.42 Å². The molecule has 1 saturated carbocycles. The predicted molar refractivity (Wildman–Crippen MR) is 73.6 cm³/mol. The number of aliphatic hydroxyl groups excluding tert-OH is 1. The second-order valence-electron chi connectivity index (χ2n) is 5.29. The molecule has 2 rings (SSSR count). The van der Waals surface area contributed by atoms with Crippen molar-refractivity contribution >= 4 is 16.0 Å². The summed E-state index contributed by atoms with van der Waals surface area (Å²) >= 11 is 0. The third kappa shape index (κ3) is 3.45. The molecule has 0 bridgehead atoms. The van der Waals surface area contributed by atoms with Crippen molar-refractivity contribution in [2.45, 2.75) is 43.5 Å². The molecule has 2 unspecified atom stereocenters. The van der Waals surface area contributed by atoms with E-state index in [-0.39, 0.29) is 29.2 Å². The highest BCUT2D eigenvalue weighted by Gasteiger charge is 2.31. The maximum Gasteiger partial charge on any atom is 0.371 e. The van der Waals surface area contributed by atoms with Crippen molar-refractivity contribution in [3.8, 4) is 0 Å². The fourth-order valence-corrected chi connectivity index (χ4v) is 4.20. The molecule has 7 nitrogen and oxygen atoms in total. The highest BCUT2D eigenvalue weighted by molar-refractivity contribution is 7.89. The van der Waals surface area contributed by atoms with Crippen LogP contribution in [0.15, 0.2) is 15.4 Å². The number of carboxylic acids is 1. The molecule has 1 heterocycles. The molecule has 21 heavy (non-hydrogen) atoms. The van der Waals surface area contributed by atoms with Gasteiger partial charge >= 0.3 is 5.97 Å². The number of hydrogen-bond donors (Lipinski definition) is 3. The van der Waals surface area contributed by atoms with Gasteiger partial charge < -0.3 is 14.6 Å². The first-order valence-corrected chi connectivity index (χ1v) is 8.30. The van der Waals surface area contributed by atoms with Gasteiger partial charge in [-0.05, 0) is 25.7 Å². The van der Waals surface area contributed by atoms with Gasteiger partial charge in [0.25, 0.3) is 0 Å². The monoisotopic (exact) mass is 317 g/mol. The molecule has 8 heteroatoms. The molecule has 0 amide bonds. The van der Waals surface area contributed by atoms with Crippen LogP contribution in [0, 0.1) is 12.8 Å². The molecule has 2 atom stereocenters. The average Bonchev–Trinajstić information content (AvgIpc) is 2.82. The van der Waals surface area contributed by atoms with Crippen LogP contribution in [0.2, 0.25) is 0 Å². The number of aromatic carboxylic acids is 1. The normalized spacial score (nSPS) is 23.1. The lowest BCUT2D eigenvalue weighted by molar-refractivity contribution is 0.0661. The van der Waals surface area contributed by atoms with E-state index in [4.69, 9.17) is 9.52 Å². The van der Waals surface area contributed by atoms with Crippen molar-refractivity contribution in [2.75, 3.05) is 6.61 Å². The van der Waals surface area contributed by atoms with E-state index in [1.54, 1.807) is 0 Å². The molecule has 118 valence electrons. The van der Waals surface area contributed by atoms with E-state index < -0.39 is 21.8 Å². The number of nitrogens with one attached hydrogen (secondary N) is 1. The van der Waals surface area contributed by atoms with E-state index in [9.17, 15) is 18.3 Å². The fourth-order valence-electron chi connectivity index (χ4n) is 2.68. The van der Waals surface area contributed by atoms with Crippen LogP contribution >= 0.6 is 0 Å². The third-order valence-electron chi connectivity index (χ3n) is 3.82. The molecule has 1 aromatic rings. The van der Waals surface area contributed by atoms with Gasteiger partial charge in [0.1, 0.15) is 10.7 Å². The van der Waals surface area contributed by atoms with Crippen LogP contribution < -0.4 is 4.72 Å². The minimum absolute atomic E-state index is 0.0382. The van der Waals surface area contributed by atoms with Crippen LogP contribution in [0.5, 0.6) is 0 Å². The van der Waals surface area contributed by atoms with Gasteiger partial charge in [-0.15, -0.1) is 0 Å². The summed E-state index contributed by atoms with van der Waals surface area (Å²) in [6, 6.07) is 0.674. The Morgan fingerprint density at radius 1 is 1.43 bits per heavy atom. The van der Waals surface area contributed by atoms with Gasteiger partial charge in [-0.1, -0.05) is 12.8 Å². The number of carboxylic acid groups (broad SMARTS) is 1. The summed E-state index contributed by atoms with van der Waals surface area (Å²) in [5.74, 6) is -1.79. The van der Waals surface area contributed by atoms with Crippen molar-refractivity contribution in [3.05, 3.63) is 17.6 Å².